The van der Waals surface area contributed by atoms with Gasteiger partial charge in [-0.3, -0.25) is 0 Å². The molecule has 1 heterocycles. The van der Waals surface area contributed by atoms with E-state index in [1.165, 1.54) is 7.11 Å². The zero-order valence-corrected chi connectivity index (χ0v) is 15.2. The van der Waals surface area contributed by atoms with Crippen molar-refractivity contribution in [2.24, 2.45) is 0 Å². The van der Waals surface area contributed by atoms with Crippen LogP contribution in [0.5, 0.6) is 23.4 Å². The molecule has 0 saturated carbocycles. The third-order valence-corrected chi connectivity index (χ3v) is 4.07. The lowest BCUT2D eigenvalue weighted by Gasteiger charge is -2.10. The van der Waals surface area contributed by atoms with E-state index >= 15 is 0 Å². The standard InChI is InChI=1S/C12H9Br3N2O3/c1-18-9-3-7(14)10(4-6(9)13)20-12-16-5-8(15)11(17-12)19-2/h3-5H,1-2H3. The third-order valence-electron chi connectivity index (χ3n) is 2.29. The molecule has 2 aromatic rings. The largest absolute Gasteiger partial charge is 0.496 e. The van der Waals surface area contributed by atoms with E-state index in [9.17, 15) is 0 Å². The predicted molar refractivity (Wildman–Crippen MR) is 84.8 cm³/mol. The van der Waals surface area contributed by atoms with E-state index in [-0.39, 0.29) is 6.01 Å². The summed E-state index contributed by atoms with van der Waals surface area (Å²) >= 11 is 10.1. The Morgan fingerprint density at radius 3 is 2.20 bits per heavy atom. The first-order chi connectivity index (χ1) is 9.55. The summed E-state index contributed by atoms with van der Waals surface area (Å²) in [6.07, 6.45) is 1.56. The van der Waals surface area contributed by atoms with Gasteiger partial charge in [0.25, 0.3) is 0 Å². The molecule has 0 unspecified atom stereocenters. The van der Waals surface area contributed by atoms with Gasteiger partial charge >= 0.3 is 6.01 Å². The summed E-state index contributed by atoms with van der Waals surface area (Å²) in [5.74, 6) is 1.65. The Morgan fingerprint density at radius 2 is 1.55 bits per heavy atom. The quantitative estimate of drug-likeness (QED) is 0.657. The van der Waals surface area contributed by atoms with Gasteiger partial charge in [-0.05, 0) is 53.9 Å². The first kappa shape index (κ1) is 15.5. The van der Waals surface area contributed by atoms with Crippen molar-refractivity contribution >= 4 is 47.8 Å². The molecular weight excluding hydrogens is 460 g/mol. The number of hydrogen-bond acceptors (Lipinski definition) is 5. The molecule has 0 radical (unpaired) electrons. The van der Waals surface area contributed by atoms with Crippen molar-refractivity contribution in [3.8, 4) is 23.4 Å². The van der Waals surface area contributed by atoms with Crippen LogP contribution in [0.25, 0.3) is 0 Å². The number of benzene rings is 1. The minimum atomic E-state index is 0.183. The van der Waals surface area contributed by atoms with Crippen LogP contribution in [-0.2, 0) is 0 Å². The molecule has 20 heavy (non-hydrogen) atoms. The molecule has 5 nitrogen and oxygen atoms in total. The van der Waals surface area contributed by atoms with Gasteiger partial charge in [-0.15, -0.1) is 0 Å². The SMILES string of the molecule is COc1cc(Br)c(Oc2ncc(Br)c(OC)n2)cc1Br. The van der Waals surface area contributed by atoms with Crippen LogP contribution in [0.4, 0.5) is 0 Å². The van der Waals surface area contributed by atoms with Gasteiger partial charge in [-0.2, -0.15) is 4.98 Å². The maximum Gasteiger partial charge on any atom is 0.325 e. The number of rotatable bonds is 4. The van der Waals surface area contributed by atoms with Crippen molar-refractivity contribution < 1.29 is 14.2 Å². The van der Waals surface area contributed by atoms with Gasteiger partial charge in [-0.1, -0.05) is 0 Å². The highest BCUT2D eigenvalue weighted by atomic mass is 79.9. The van der Waals surface area contributed by atoms with Gasteiger partial charge in [0.1, 0.15) is 11.5 Å². The van der Waals surface area contributed by atoms with Gasteiger partial charge in [0.2, 0.25) is 5.88 Å². The van der Waals surface area contributed by atoms with Crippen molar-refractivity contribution in [2.75, 3.05) is 14.2 Å². The summed E-state index contributed by atoms with van der Waals surface area (Å²) in [7, 11) is 3.12. The van der Waals surface area contributed by atoms with Gasteiger partial charge < -0.3 is 14.2 Å². The maximum absolute atomic E-state index is 5.63. The molecule has 0 saturated heterocycles. The van der Waals surface area contributed by atoms with Crippen LogP contribution in [0, 0.1) is 0 Å². The summed E-state index contributed by atoms with van der Waals surface area (Å²) in [5, 5.41) is 0. The number of nitrogens with zero attached hydrogens (tertiary/aromatic N) is 2. The number of halogens is 3. The van der Waals surface area contributed by atoms with Crippen molar-refractivity contribution in [3.63, 3.8) is 0 Å². The van der Waals surface area contributed by atoms with E-state index < -0.39 is 0 Å². The van der Waals surface area contributed by atoms with Crippen molar-refractivity contribution in [1.82, 2.24) is 9.97 Å². The fourth-order valence-electron chi connectivity index (χ4n) is 1.37. The maximum atomic E-state index is 5.63. The molecule has 0 atom stereocenters. The average Bonchev–Trinajstić information content (AvgIpc) is 2.44. The fourth-order valence-corrected chi connectivity index (χ4v) is 2.61. The van der Waals surface area contributed by atoms with E-state index in [1.807, 2.05) is 0 Å². The molecule has 0 aliphatic heterocycles. The number of hydrogen-bond donors (Lipinski definition) is 0. The monoisotopic (exact) mass is 466 g/mol. The Kier molecular flexibility index (Phi) is 5.22. The Hall–Kier alpha value is -0.860. The summed E-state index contributed by atoms with van der Waals surface area (Å²) in [6, 6.07) is 3.74. The molecule has 0 N–H and O–H groups in total. The third kappa shape index (κ3) is 3.42. The topological polar surface area (TPSA) is 53.5 Å². The molecule has 106 valence electrons. The zero-order chi connectivity index (χ0) is 14.7. The number of methoxy groups -OCH3 is 2. The van der Waals surface area contributed by atoms with Gasteiger partial charge in [0.15, 0.2) is 0 Å². The average molecular weight is 469 g/mol. The predicted octanol–water partition coefficient (Wildman–Crippen LogP) is 4.57. The Labute approximate surface area is 141 Å². The lowest BCUT2D eigenvalue weighted by molar-refractivity contribution is 0.372. The molecular formula is C12H9Br3N2O3. The highest BCUT2D eigenvalue weighted by Gasteiger charge is 2.12. The molecule has 0 amide bonds. The summed E-state index contributed by atoms with van der Waals surface area (Å²) in [5.41, 5.74) is 0. The highest BCUT2D eigenvalue weighted by Crippen LogP contribution is 2.37. The van der Waals surface area contributed by atoms with Crippen LogP contribution in [-0.4, -0.2) is 24.2 Å². The molecule has 8 heteroatoms. The van der Waals surface area contributed by atoms with Crippen LogP contribution in [0.2, 0.25) is 0 Å². The molecule has 0 spiro atoms. The lowest BCUT2D eigenvalue weighted by Crippen LogP contribution is -1.96. The highest BCUT2D eigenvalue weighted by molar-refractivity contribution is 9.11. The number of ether oxygens (including phenoxy) is 3. The number of aromatic nitrogens is 2. The summed E-state index contributed by atoms with van der Waals surface area (Å²) in [6.45, 7) is 0. The van der Waals surface area contributed by atoms with Gasteiger partial charge in [-0.25, -0.2) is 4.98 Å². The van der Waals surface area contributed by atoms with Crippen LogP contribution in [0.3, 0.4) is 0 Å². The van der Waals surface area contributed by atoms with E-state index in [1.54, 1.807) is 25.4 Å². The minimum Gasteiger partial charge on any atom is -0.496 e. The molecule has 2 rings (SSSR count). The second-order valence-electron chi connectivity index (χ2n) is 3.53. The molecule has 0 aliphatic rings. The molecule has 1 aromatic carbocycles. The summed E-state index contributed by atoms with van der Waals surface area (Å²) < 4.78 is 18.1. The van der Waals surface area contributed by atoms with Crippen LogP contribution in [0.15, 0.2) is 31.7 Å². The van der Waals surface area contributed by atoms with Crippen molar-refractivity contribution in [3.05, 3.63) is 31.7 Å². The van der Waals surface area contributed by atoms with E-state index in [0.29, 0.717) is 21.9 Å². The van der Waals surface area contributed by atoms with Crippen LogP contribution < -0.4 is 14.2 Å². The lowest BCUT2D eigenvalue weighted by atomic mass is 10.3. The molecule has 0 bridgehead atoms. The zero-order valence-electron chi connectivity index (χ0n) is 10.5. The Morgan fingerprint density at radius 1 is 0.900 bits per heavy atom. The van der Waals surface area contributed by atoms with Gasteiger partial charge in [0.05, 0.1) is 33.8 Å². The Bertz CT molecular complexity index is 638. The molecule has 0 fully saturated rings. The minimum absolute atomic E-state index is 0.183. The van der Waals surface area contributed by atoms with E-state index in [0.717, 1.165) is 8.95 Å². The van der Waals surface area contributed by atoms with E-state index in [2.05, 4.69) is 57.8 Å². The van der Waals surface area contributed by atoms with Crippen molar-refractivity contribution in [1.29, 1.82) is 0 Å². The smallest absolute Gasteiger partial charge is 0.325 e. The van der Waals surface area contributed by atoms with Gasteiger partial charge in [0, 0.05) is 6.07 Å². The van der Waals surface area contributed by atoms with Crippen LogP contribution >= 0.6 is 47.8 Å². The Balaban J connectivity index is 2.32. The van der Waals surface area contributed by atoms with E-state index in [4.69, 9.17) is 14.2 Å². The van der Waals surface area contributed by atoms with Crippen LogP contribution in [0.1, 0.15) is 0 Å². The molecule has 1 aromatic heterocycles. The normalized spacial score (nSPS) is 10.2. The second-order valence-corrected chi connectivity index (χ2v) is 6.09. The second kappa shape index (κ2) is 6.73. The molecule has 0 aliphatic carbocycles. The first-order valence-electron chi connectivity index (χ1n) is 5.32. The van der Waals surface area contributed by atoms with Crippen molar-refractivity contribution in [2.45, 2.75) is 0 Å². The first-order valence-corrected chi connectivity index (χ1v) is 7.70. The fraction of sp³-hybridized carbons (Fsp3) is 0.167. The summed E-state index contributed by atoms with van der Waals surface area (Å²) in [4.78, 5) is 8.20.